The molecular weight excluding hydrogens is 395 g/mol. The number of nitrogens with zero attached hydrogens (tertiary/aromatic N) is 2. The van der Waals surface area contributed by atoms with Crippen molar-refractivity contribution >= 4 is 28.6 Å². The lowest BCUT2D eigenvalue weighted by molar-refractivity contribution is 0.0489. The van der Waals surface area contributed by atoms with Crippen LogP contribution < -0.4 is 5.43 Å². The summed E-state index contributed by atoms with van der Waals surface area (Å²) in [5, 5.41) is 4.18. The van der Waals surface area contributed by atoms with E-state index in [0.717, 1.165) is 22.1 Å². The number of esters is 1. The third kappa shape index (κ3) is 3.94. The standard InChI is InChI=1S/C16H17IN2O3/c1-3-4-9-22-16(21)15-14(20)10-11(2)19(18-15)13-7-5-12(17)6-8-13/h5-8,10H,3-4,9H2,1-2H3. The summed E-state index contributed by atoms with van der Waals surface area (Å²) in [6, 6.07) is 9.06. The molecule has 1 aromatic heterocycles. The van der Waals surface area contributed by atoms with Crippen LogP contribution in [0, 0.1) is 10.5 Å². The predicted octanol–water partition coefficient (Wildman–Crippen LogP) is 3.10. The Morgan fingerprint density at radius 1 is 1.32 bits per heavy atom. The molecule has 0 aliphatic carbocycles. The number of ether oxygens (including phenoxy) is 1. The van der Waals surface area contributed by atoms with Gasteiger partial charge >= 0.3 is 5.97 Å². The minimum Gasteiger partial charge on any atom is -0.461 e. The third-order valence-corrected chi connectivity index (χ3v) is 3.82. The van der Waals surface area contributed by atoms with E-state index in [-0.39, 0.29) is 5.69 Å². The first-order valence-corrected chi connectivity index (χ1v) is 8.15. The molecule has 2 rings (SSSR count). The molecule has 0 unspecified atom stereocenters. The molecule has 6 heteroatoms. The number of unbranched alkanes of at least 4 members (excludes halogenated alkanes) is 1. The molecule has 0 radical (unpaired) electrons. The zero-order chi connectivity index (χ0) is 16.1. The van der Waals surface area contributed by atoms with Crippen molar-refractivity contribution in [3.8, 4) is 5.69 Å². The zero-order valence-electron chi connectivity index (χ0n) is 12.5. The van der Waals surface area contributed by atoms with Crippen molar-refractivity contribution in [1.29, 1.82) is 0 Å². The monoisotopic (exact) mass is 412 g/mol. The van der Waals surface area contributed by atoms with Crippen molar-refractivity contribution in [2.45, 2.75) is 26.7 Å². The highest BCUT2D eigenvalue weighted by molar-refractivity contribution is 14.1. The summed E-state index contributed by atoms with van der Waals surface area (Å²) in [6.45, 7) is 4.08. The van der Waals surface area contributed by atoms with Gasteiger partial charge < -0.3 is 4.74 Å². The van der Waals surface area contributed by atoms with Gasteiger partial charge in [0.15, 0.2) is 0 Å². The molecule has 0 amide bonds. The summed E-state index contributed by atoms with van der Waals surface area (Å²) in [4.78, 5) is 24.0. The number of halogens is 1. The predicted molar refractivity (Wildman–Crippen MR) is 92.5 cm³/mol. The van der Waals surface area contributed by atoms with E-state index in [1.54, 1.807) is 11.6 Å². The molecule has 0 bridgehead atoms. The molecule has 0 aliphatic rings. The van der Waals surface area contributed by atoms with Gasteiger partial charge in [-0.1, -0.05) is 13.3 Å². The minimum absolute atomic E-state index is 0.180. The van der Waals surface area contributed by atoms with Crippen molar-refractivity contribution in [2.24, 2.45) is 0 Å². The number of carbonyl (C=O) groups is 1. The summed E-state index contributed by atoms with van der Waals surface area (Å²) in [7, 11) is 0. The lowest BCUT2D eigenvalue weighted by Crippen LogP contribution is -2.24. The maximum atomic E-state index is 12.0. The van der Waals surface area contributed by atoms with Gasteiger partial charge in [-0.25, -0.2) is 9.48 Å². The van der Waals surface area contributed by atoms with Crippen LogP contribution in [-0.2, 0) is 4.74 Å². The second-order valence-corrected chi connectivity index (χ2v) is 6.12. The summed E-state index contributed by atoms with van der Waals surface area (Å²) in [6.07, 6.45) is 1.68. The number of carbonyl (C=O) groups excluding carboxylic acids is 1. The number of aryl methyl sites for hydroxylation is 1. The fourth-order valence-electron chi connectivity index (χ4n) is 1.91. The van der Waals surface area contributed by atoms with E-state index < -0.39 is 11.4 Å². The molecule has 0 saturated heterocycles. The average molecular weight is 412 g/mol. The van der Waals surface area contributed by atoms with E-state index in [1.165, 1.54) is 6.07 Å². The summed E-state index contributed by atoms with van der Waals surface area (Å²) < 4.78 is 7.76. The highest BCUT2D eigenvalue weighted by Crippen LogP contribution is 2.12. The van der Waals surface area contributed by atoms with E-state index in [0.29, 0.717) is 12.3 Å². The maximum Gasteiger partial charge on any atom is 0.362 e. The Balaban J connectivity index is 2.36. The molecule has 22 heavy (non-hydrogen) atoms. The highest BCUT2D eigenvalue weighted by atomic mass is 127. The maximum absolute atomic E-state index is 12.0. The second kappa shape index (κ2) is 7.53. The quantitative estimate of drug-likeness (QED) is 0.430. The minimum atomic E-state index is -0.669. The van der Waals surface area contributed by atoms with Crippen LogP contribution in [0.25, 0.3) is 5.69 Å². The van der Waals surface area contributed by atoms with Gasteiger partial charge in [-0.15, -0.1) is 0 Å². The largest absolute Gasteiger partial charge is 0.461 e. The number of hydrogen-bond acceptors (Lipinski definition) is 4. The van der Waals surface area contributed by atoms with Crippen molar-refractivity contribution in [3.63, 3.8) is 0 Å². The fraction of sp³-hybridized carbons (Fsp3) is 0.312. The molecule has 0 saturated carbocycles. The van der Waals surface area contributed by atoms with Gasteiger partial charge in [0, 0.05) is 15.3 Å². The Hall–Kier alpha value is -1.70. The zero-order valence-corrected chi connectivity index (χ0v) is 14.7. The van der Waals surface area contributed by atoms with E-state index in [4.69, 9.17) is 4.74 Å². The van der Waals surface area contributed by atoms with Crippen LogP contribution >= 0.6 is 22.6 Å². The van der Waals surface area contributed by atoms with Crippen molar-refractivity contribution in [2.75, 3.05) is 6.61 Å². The topological polar surface area (TPSA) is 61.2 Å². The van der Waals surface area contributed by atoms with Gasteiger partial charge in [-0.05, 0) is 60.2 Å². The third-order valence-electron chi connectivity index (χ3n) is 3.10. The normalized spacial score (nSPS) is 10.5. The molecule has 0 fully saturated rings. The molecule has 116 valence electrons. The summed E-state index contributed by atoms with van der Waals surface area (Å²) >= 11 is 2.21. The van der Waals surface area contributed by atoms with E-state index in [2.05, 4.69) is 27.7 Å². The molecule has 0 spiro atoms. The first kappa shape index (κ1) is 16.7. The molecule has 0 atom stereocenters. The summed E-state index contributed by atoms with van der Waals surface area (Å²) in [5.74, 6) is -0.669. The average Bonchev–Trinajstić information content (AvgIpc) is 2.48. The van der Waals surface area contributed by atoms with Crippen LogP contribution in [0.2, 0.25) is 0 Å². The van der Waals surface area contributed by atoms with Gasteiger partial charge in [0.25, 0.3) is 0 Å². The molecule has 1 aromatic carbocycles. The van der Waals surface area contributed by atoms with Gasteiger partial charge in [0.1, 0.15) is 0 Å². The molecule has 5 nitrogen and oxygen atoms in total. The highest BCUT2D eigenvalue weighted by Gasteiger charge is 2.16. The number of rotatable bonds is 5. The number of hydrogen-bond donors (Lipinski definition) is 0. The number of aromatic nitrogens is 2. The van der Waals surface area contributed by atoms with Crippen LogP contribution in [0.1, 0.15) is 35.9 Å². The van der Waals surface area contributed by atoms with E-state index in [1.807, 2.05) is 31.2 Å². The Morgan fingerprint density at radius 2 is 2.00 bits per heavy atom. The molecular formula is C16H17IN2O3. The number of benzene rings is 1. The molecule has 0 aliphatic heterocycles. The SMILES string of the molecule is CCCCOC(=O)c1nn(-c2ccc(I)cc2)c(C)cc1=O. The lowest BCUT2D eigenvalue weighted by Gasteiger charge is -2.11. The van der Waals surface area contributed by atoms with Crippen molar-refractivity contribution < 1.29 is 9.53 Å². The van der Waals surface area contributed by atoms with Gasteiger partial charge in [-0.2, -0.15) is 5.10 Å². The van der Waals surface area contributed by atoms with Crippen LogP contribution in [-0.4, -0.2) is 22.4 Å². The van der Waals surface area contributed by atoms with E-state index in [9.17, 15) is 9.59 Å². The van der Waals surface area contributed by atoms with Gasteiger partial charge in [-0.3, -0.25) is 4.79 Å². The first-order chi connectivity index (χ1) is 10.5. The van der Waals surface area contributed by atoms with Crippen LogP contribution in [0.3, 0.4) is 0 Å². The first-order valence-electron chi connectivity index (χ1n) is 7.07. The van der Waals surface area contributed by atoms with Crippen molar-refractivity contribution in [3.05, 3.63) is 55.5 Å². The second-order valence-electron chi connectivity index (χ2n) is 4.88. The van der Waals surface area contributed by atoms with Gasteiger partial charge in [0.05, 0.1) is 12.3 Å². The van der Waals surface area contributed by atoms with Crippen LogP contribution in [0.5, 0.6) is 0 Å². The van der Waals surface area contributed by atoms with Crippen molar-refractivity contribution in [1.82, 2.24) is 9.78 Å². The van der Waals surface area contributed by atoms with Gasteiger partial charge in [0.2, 0.25) is 11.1 Å². The van der Waals surface area contributed by atoms with Crippen LogP contribution in [0.15, 0.2) is 35.1 Å². The molecule has 2 aromatic rings. The lowest BCUT2D eigenvalue weighted by atomic mass is 10.3. The molecule has 1 heterocycles. The Kier molecular flexibility index (Phi) is 5.70. The van der Waals surface area contributed by atoms with E-state index >= 15 is 0 Å². The Bertz CT molecular complexity index is 723. The summed E-state index contributed by atoms with van der Waals surface area (Å²) in [5.41, 5.74) is 0.859. The smallest absolute Gasteiger partial charge is 0.362 e. The van der Waals surface area contributed by atoms with Crippen LogP contribution in [0.4, 0.5) is 0 Å². The Morgan fingerprint density at radius 3 is 2.64 bits per heavy atom. The Labute approximate surface area is 142 Å². The fourth-order valence-corrected chi connectivity index (χ4v) is 2.27. The molecule has 0 N–H and O–H groups in total.